The highest BCUT2D eigenvalue weighted by Crippen LogP contribution is 2.27. The number of aliphatic imine (C=N–C) groups is 1. The molecule has 0 atom stereocenters. The van der Waals surface area contributed by atoms with Crippen LogP contribution in [0.5, 0.6) is 0 Å². The van der Waals surface area contributed by atoms with Gasteiger partial charge in [-0.2, -0.15) is 0 Å². The zero-order valence-electron chi connectivity index (χ0n) is 9.62. The number of nitrogens with zero attached hydrogens (tertiary/aromatic N) is 1. The summed E-state index contributed by atoms with van der Waals surface area (Å²) in [6.07, 6.45) is 2.60. The van der Waals surface area contributed by atoms with Crippen molar-refractivity contribution in [3.05, 3.63) is 29.8 Å². The van der Waals surface area contributed by atoms with Crippen LogP contribution in [-0.2, 0) is 5.41 Å². The van der Waals surface area contributed by atoms with Gasteiger partial charge >= 0.3 is 0 Å². The lowest BCUT2D eigenvalue weighted by molar-refractivity contribution is 0.506. The fourth-order valence-corrected chi connectivity index (χ4v) is 1.31. The number of hydrogen-bond acceptors (Lipinski definition) is 2. The average Bonchev–Trinajstić information content (AvgIpc) is 2.27. The zero-order valence-corrected chi connectivity index (χ0v) is 9.62. The fraction of sp³-hybridized carbons (Fsp3) is 0.417. The maximum absolute atomic E-state index is 5.10. The molecule has 0 aliphatic carbocycles. The number of nitrogens with one attached hydrogen (secondary N) is 1. The smallest absolute Gasteiger partial charge is 0.103 e. The third-order valence-electron chi connectivity index (χ3n) is 2.82. The molecule has 0 bridgehead atoms. The van der Waals surface area contributed by atoms with Crippen molar-refractivity contribution < 1.29 is 0 Å². The molecule has 0 aromatic heterocycles. The van der Waals surface area contributed by atoms with Crippen LogP contribution in [0.15, 0.2) is 29.3 Å². The van der Waals surface area contributed by atoms with E-state index in [0.29, 0.717) is 0 Å². The third kappa shape index (κ3) is 3.06. The second kappa shape index (κ2) is 4.94. The van der Waals surface area contributed by atoms with Gasteiger partial charge in [-0.1, -0.05) is 32.9 Å². The summed E-state index contributed by atoms with van der Waals surface area (Å²) in [5, 5.41) is 0. The van der Waals surface area contributed by atoms with Crippen LogP contribution in [0.1, 0.15) is 32.8 Å². The maximum Gasteiger partial charge on any atom is 0.103 e. The predicted molar refractivity (Wildman–Crippen MR) is 65.2 cm³/mol. The molecule has 3 heteroatoms. The molecule has 1 aromatic carbocycles. The molecule has 3 nitrogen and oxygen atoms in total. The van der Waals surface area contributed by atoms with Crippen LogP contribution >= 0.6 is 0 Å². The Hall–Kier alpha value is -1.35. The Balaban J connectivity index is 2.85. The van der Waals surface area contributed by atoms with Crippen molar-refractivity contribution >= 4 is 12.0 Å². The van der Waals surface area contributed by atoms with Gasteiger partial charge in [-0.15, -0.1) is 0 Å². The zero-order chi connectivity index (χ0) is 11.3. The van der Waals surface area contributed by atoms with Crippen LogP contribution < -0.4 is 11.3 Å². The summed E-state index contributed by atoms with van der Waals surface area (Å²) in [7, 11) is 0. The lowest BCUT2D eigenvalue weighted by Gasteiger charge is -2.23. The molecule has 0 saturated carbocycles. The van der Waals surface area contributed by atoms with Gasteiger partial charge in [-0.3, -0.25) is 0 Å². The van der Waals surface area contributed by atoms with Crippen LogP contribution in [0.2, 0.25) is 0 Å². The lowest BCUT2D eigenvalue weighted by Crippen LogP contribution is -2.18. The summed E-state index contributed by atoms with van der Waals surface area (Å²) in [6, 6.07) is 8.24. The van der Waals surface area contributed by atoms with Crippen molar-refractivity contribution in [3.63, 3.8) is 0 Å². The highest BCUT2D eigenvalue weighted by molar-refractivity contribution is 5.60. The lowest BCUT2D eigenvalue weighted by atomic mass is 9.82. The monoisotopic (exact) mass is 205 g/mol. The van der Waals surface area contributed by atoms with E-state index in [1.54, 1.807) is 0 Å². The number of rotatable bonds is 4. The molecule has 0 aliphatic heterocycles. The molecule has 3 N–H and O–H groups in total. The molecule has 0 fully saturated rings. The number of hydrogen-bond donors (Lipinski definition) is 2. The molecule has 0 spiro atoms. The van der Waals surface area contributed by atoms with Gasteiger partial charge in [0, 0.05) is 0 Å². The van der Waals surface area contributed by atoms with Crippen LogP contribution in [0.3, 0.4) is 0 Å². The summed E-state index contributed by atoms with van der Waals surface area (Å²) in [6.45, 7) is 6.68. The topological polar surface area (TPSA) is 50.4 Å². The fourth-order valence-electron chi connectivity index (χ4n) is 1.31. The van der Waals surface area contributed by atoms with Crippen LogP contribution in [0.4, 0.5) is 5.69 Å². The van der Waals surface area contributed by atoms with Crippen molar-refractivity contribution in [3.8, 4) is 0 Å². The summed E-state index contributed by atoms with van der Waals surface area (Å²) >= 11 is 0. The van der Waals surface area contributed by atoms with E-state index in [0.717, 1.165) is 12.1 Å². The SMILES string of the molecule is CCC(C)(C)c1ccc(N=CNN)cc1. The minimum atomic E-state index is 0.231. The molecule has 0 amide bonds. The molecular weight excluding hydrogens is 186 g/mol. The van der Waals surface area contributed by atoms with Gasteiger partial charge < -0.3 is 5.43 Å². The molecule has 0 unspecified atom stereocenters. The summed E-state index contributed by atoms with van der Waals surface area (Å²) in [5.41, 5.74) is 4.85. The Bertz CT molecular complexity index is 325. The van der Waals surface area contributed by atoms with E-state index in [1.165, 1.54) is 11.9 Å². The van der Waals surface area contributed by atoms with Crippen molar-refractivity contribution in [2.45, 2.75) is 32.6 Å². The Labute approximate surface area is 91.4 Å². The molecule has 0 saturated heterocycles. The molecule has 15 heavy (non-hydrogen) atoms. The van der Waals surface area contributed by atoms with E-state index in [4.69, 9.17) is 5.84 Å². The first kappa shape index (κ1) is 11.7. The quantitative estimate of drug-likeness (QED) is 0.343. The second-order valence-corrected chi connectivity index (χ2v) is 4.21. The van der Waals surface area contributed by atoms with E-state index in [-0.39, 0.29) is 5.41 Å². The van der Waals surface area contributed by atoms with Crippen molar-refractivity contribution in [2.75, 3.05) is 0 Å². The first-order valence-electron chi connectivity index (χ1n) is 5.19. The standard InChI is InChI=1S/C12H19N3/c1-4-12(2,3)10-5-7-11(8-6-10)14-9-15-13/h5-9H,4,13H2,1-3H3,(H,14,15). The Kier molecular flexibility index (Phi) is 3.86. The van der Waals surface area contributed by atoms with Gasteiger partial charge in [0.1, 0.15) is 6.34 Å². The van der Waals surface area contributed by atoms with Gasteiger partial charge in [0.25, 0.3) is 0 Å². The van der Waals surface area contributed by atoms with Gasteiger partial charge in [0.15, 0.2) is 0 Å². The third-order valence-corrected chi connectivity index (χ3v) is 2.82. The summed E-state index contributed by atoms with van der Waals surface area (Å²) in [4.78, 5) is 4.11. The Morgan fingerprint density at radius 3 is 2.40 bits per heavy atom. The maximum atomic E-state index is 5.10. The van der Waals surface area contributed by atoms with Crippen LogP contribution in [0.25, 0.3) is 0 Å². The second-order valence-electron chi connectivity index (χ2n) is 4.21. The van der Waals surface area contributed by atoms with Crippen LogP contribution in [0, 0.1) is 0 Å². The van der Waals surface area contributed by atoms with Crippen molar-refractivity contribution in [1.29, 1.82) is 0 Å². The predicted octanol–water partition coefficient (Wildman–Crippen LogP) is 2.50. The Morgan fingerprint density at radius 1 is 1.33 bits per heavy atom. The minimum absolute atomic E-state index is 0.231. The Morgan fingerprint density at radius 2 is 1.93 bits per heavy atom. The average molecular weight is 205 g/mol. The number of hydrazine groups is 1. The van der Waals surface area contributed by atoms with Gasteiger partial charge in [-0.05, 0) is 29.5 Å². The molecule has 0 heterocycles. The van der Waals surface area contributed by atoms with E-state index in [1.807, 2.05) is 12.1 Å². The van der Waals surface area contributed by atoms with E-state index in [2.05, 4.69) is 43.3 Å². The first-order valence-corrected chi connectivity index (χ1v) is 5.19. The molecule has 82 valence electrons. The van der Waals surface area contributed by atoms with Gasteiger partial charge in [0.05, 0.1) is 5.69 Å². The van der Waals surface area contributed by atoms with Crippen molar-refractivity contribution in [1.82, 2.24) is 5.43 Å². The molecule has 1 rings (SSSR count). The highest BCUT2D eigenvalue weighted by atomic mass is 15.2. The molecular formula is C12H19N3. The number of benzene rings is 1. The molecule has 1 aromatic rings. The van der Waals surface area contributed by atoms with Crippen molar-refractivity contribution in [2.24, 2.45) is 10.8 Å². The minimum Gasteiger partial charge on any atom is -0.315 e. The summed E-state index contributed by atoms with van der Waals surface area (Å²) < 4.78 is 0. The normalized spacial score (nSPS) is 12.0. The molecule has 0 aliphatic rings. The van der Waals surface area contributed by atoms with Gasteiger partial charge in [0.2, 0.25) is 0 Å². The van der Waals surface area contributed by atoms with E-state index in [9.17, 15) is 0 Å². The van der Waals surface area contributed by atoms with Crippen LogP contribution in [-0.4, -0.2) is 6.34 Å². The van der Waals surface area contributed by atoms with E-state index >= 15 is 0 Å². The largest absolute Gasteiger partial charge is 0.315 e. The summed E-state index contributed by atoms with van der Waals surface area (Å²) in [5.74, 6) is 5.10. The first-order chi connectivity index (χ1) is 7.10. The number of nitrogens with two attached hydrogens (primary N) is 1. The highest BCUT2D eigenvalue weighted by Gasteiger charge is 2.17. The molecule has 0 radical (unpaired) electrons. The van der Waals surface area contributed by atoms with E-state index < -0.39 is 0 Å². The van der Waals surface area contributed by atoms with Gasteiger partial charge in [-0.25, -0.2) is 10.8 Å².